The van der Waals surface area contributed by atoms with Gasteiger partial charge < -0.3 is 10.2 Å². The minimum Gasteiger partial charge on any atom is -0.354 e. The fraction of sp³-hybridized carbons (Fsp3) is 0.227. The number of hydrogen-bond acceptors (Lipinski definition) is 4. The van der Waals surface area contributed by atoms with Crippen molar-refractivity contribution in [1.82, 2.24) is 9.78 Å². The summed E-state index contributed by atoms with van der Waals surface area (Å²) in [5.41, 5.74) is 0.834. The van der Waals surface area contributed by atoms with E-state index in [0.717, 1.165) is 19.4 Å². The van der Waals surface area contributed by atoms with Crippen molar-refractivity contribution in [3.8, 4) is 5.69 Å². The van der Waals surface area contributed by atoms with Crippen molar-refractivity contribution in [2.75, 3.05) is 23.3 Å². The van der Waals surface area contributed by atoms with Gasteiger partial charge in [0.15, 0.2) is 0 Å². The van der Waals surface area contributed by atoms with Gasteiger partial charge in [0.1, 0.15) is 11.6 Å². The lowest BCUT2D eigenvalue weighted by Gasteiger charge is -2.32. The monoisotopic (exact) mass is 426 g/mol. The highest BCUT2D eigenvalue weighted by atomic mass is 35.5. The Morgan fingerprint density at radius 3 is 2.70 bits per heavy atom. The highest BCUT2D eigenvalue weighted by molar-refractivity contribution is 6.30. The second kappa shape index (κ2) is 8.67. The number of benzene rings is 2. The van der Waals surface area contributed by atoms with Crippen LogP contribution in [0.2, 0.25) is 5.02 Å². The Morgan fingerprint density at radius 2 is 1.93 bits per heavy atom. The van der Waals surface area contributed by atoms with Gasteiger partial charge >= 0.3 is 0 Å². The standard InChI is InChI=1S/C22H20ClFN4O2/c23-16-4-1-5-18(13-16)25-22(30)15-3-2-12-27(14-15)20-10-11-21(29)28(26-20)19-8-6-17(24)7-9-19/h1,4-11,13,15H,2-3,12,14H2,(H,25,30)/t15-/m1/s1. The third-order valence-corrected chi connectivity index (χ3v) is 5.30. The fourth-order valence-corrected chi connectivity index (χ4v) is 3.74. The second-order valence-electron chi connectivity index (χ2n) is 7.20. The number of anilines is 2. The molecule has 0 aliphatic carbocycles. The first kappa shape index (κ1) is 20.1. The molecule has 0 bridgehead atoms. The first-order chi connectivity index (χ1) is 14.5. The number of amides is 1. The van der Waals surface area contributed by atoms with Crippen LogP contribution in [-0.4, -0.2) is 28.8 Å². The molecule has 4 rings (SSSR count). The van der Waals surface area contributed by atoms with Gasteiger partial charge in [0.25, 0.3) is 5.56 Å². The van der Waals surface area contributed by atoms with Crippen molar-refractivity contribution in [3.63, 3.8) is 0 Å². The molecular weight excluding hydrogens is 407 g/mol. The zero-order chi connectivity index (χ0) is 21.1. The third kappa shape index (κ3) is 4.52. The molecule has 0 radical (unpaired) electrons. The van der Waals surface area contributed by atoms with E-state index in [1.54, 1.807) is 30.3 Å². The number of nitrogens with one attached hydrogen (secondary N) is 1. The van der Waals surface area contributed by atoms with Crippen molar-refractivity contribution in [3.05, 3.63) is 81.9 Å². The van der Waals surface area contributed by atoms with Gasteiger partial charge in [-0.05, 0) is 61.4 Å². The number of aromatic nitrogens is 2. The van der Waals surface area contributed by atoms with Gasteiger partial charge in [-0.25, -0.2) is 4.39 Å². The summed E-state index contributed by atoms with van der Waals surface area (Å²) in [4.78, 5) is 27.0. The van der Waals surface area contributed by atoms with Crippen LogP contribution in [0.15, 0.2) is 65.5 Å². The molecule has 1 saturated heterocycles. The minimum atomic E-state index is -0.382. The Labute approximate surface area is 177 Å². The van der Waals surface area contributed by atoms with Crippen LogP contribution in [0.25, 0.3) is 5.69 Å². The van der Waals surface area contributed by atoms with Crippen molar-refractivity contribution < 1.29 is 9.18 Å². The average molecular weight is 427 g/mol. The van der Waals surface area contributed by atoms with Gasteiger partial charge in [0, 0.05) is 29.9 Å². The Hall–Kier alpha value is -3.19. The smallest absolute Gasteiger partial charge is 0.271 e. The van der Waals surface area contributed by atoms with E-state index in [0.29, 0.717) is 28.8 Å². The van der Waals surface area contributed by atoms with Crippen molar-refractivity contribution >= 4 is 29.0 Å². The van der Waals surface area contributed by atoms with E-state index in [1.165, 1.54) is 35.0 Å². The Kier molecular flexibility index (Phi) is 5.81. The molecule has 1 fully saturated rings. The molecule has 0 spiro atoms. The normalized spacial score (nSPS) is 16.3. The summed E-state index contributed by atoms with van der Waals surface area (Å²) in [5, 5.41) is 7.92. The van der Waals surface area contributed by atoms with Gasteiger partial charge in [-0.1, -0.05) is 17.7 Å². The second-order valence-corrected chi connectivity index (χ2v) is 7.64. The highest BCUT2D eigenvalue weighted by Crippen LogP contribution is 2.23. The molecule has 8 heteroatoms. The lowest BCUT2D eigenvalue weighted by Crippen LogP contribution is -2.41. The molecule has 1 aromatic heterocycles. The highest BCUT2D eigenvalue weighted by Gasteiger charge is 2.27. The van der Waals surface area contributed by atoms with E-state index in [9.17, 15) is 14.0 Å². The van der Waals surface area contributed by atoms with Crippen LogP contribution in [0.3, 0.4) is 0 Å². The molecular formula is C22H20ClFN4O2. The molecule has 1 aliphatic heterocycles. The number of carbonyl (C=O) groups excluding carboxylic acids is 1. The number of halogens is 2. The maximum Gasteiger partial charge on any atom is 0.271 e. The van der Waals surface area contributed by atoms with Crippen molar-refractivity contribution in [2.24, 2.45) is 5.92 Å². The molecule has 154 valence electrons. The van der Waals surface area contributed by atoms with E-state index in [-0.39, 0.29) is 23.2 Å². The summed E-state index contributed by atoms with van der Waals surface area (Å²) in [6.07, 6.45) is 1.59. The van der Waals surface area contributed by atoms with Crippen LogP contribution in [0.5, 0.6) is 0 Å². The molecule has 1 amide bonds. The molecule has 0 unspecified atom stereocenters. The first-order valence-corrected chi connectivity index (χ1v) is 10.0. The Balaban J connectivity index is 1.52. The zero-order valence-corrected chi connectivity index (χ0v) is 16.8. The molecule has 0 saturated carbocycles. The molecule has 30 heavy (non-hydrogen) atoms. The number of nitrogens with zero attached hydrogens (tertiary/aromatic N) is 3. The van der Waals surface area contributed by atoms with Crippen LogP contribution < -0.4 is 15.8 Å². The van der Waals surface area contributed by atoms with E-state index in [1.807, 2.05) is 4.90 Å². The molecule has 2 heterocycles. The zero-order valence-electron chi connectivity index (χ0n) is 16.1. The van der Waals surface area contributed by atoms with Gasteiger partial charge in [0.05, 0.1) is 11.6 Å². The minimum absolute atomic E-state index is 0.0752. The van der Waals surface area contributed by atoms with E-state index in [2.05, 4.69) is 10.4 Å². The van der Waals surface area contributed by atoms with Crippen LogP contribution >= 0.6 is 11.6 Å². The van der Waals surface area contributed by atoms with Gasteiger partial charge in [-0.3, -0.25) is 9.59 Å². The Morgan fingerprint density at radius 1 is 1.13 bits per heavy atom. The molecule has 3 aromatic rings. The summed E-state index contributed by atoms with van der Waals surface area (Å²) in [6.45, 7) is 1.22. The number of piperidine rings is 1. The summed E-state index contributed by atoms with van der Waals surface area (Å²) >= 11 is 5.99. The number of rotatable bonds is 4. The summed E-state index contributed by atoms with van der Waals surface area (Å²) in [7, 11) is 0. The largest absolute Gasteiger partial charge is 0.354 e. The predicted molar refractivity (Wildman–Crippen MR) is 115 cm³/mol. The van der Waals surface area contributed by atoms with E-state index >= 15 is 0 Å². The van der Waals surface area contributed by atoms with Gasteiger partial charge in [0.2, 0.25) is 5.91 Å². The maximum absolute atomic E-state index is 13.2. The maximum atomic E-state index is 13.2. The summed E-state index contributed by atoms with van der Waals surface area (Å²) < 4.78 is 14.4. The third-order valence-electron chi connectivity index (χ3n) is 5.07. The number of hydrogen-bond donors (Lipinski definition) is 1. The SMILES string of the molecule is O=C(Nc1cccc(Cl)c1)[C@@H]1CCCN(c2ccc(=O)n(-c3ccc(F)cc3)n2)C1. The lowest BCUT2D eigenvalue weighted by atomic mass is 9.97. The van der Waals surface area contributed by atoms with Crippen molar-refractivity contribution in [2.45, 2.75) is 12.8 Å². The quantitative estimate of drug-likeness (QED) is 0.687. The lowest BCUT2D eigenvalue weighted by molar-refractivity contribution is -0.120. The van der Waals surface area contributed by atoms with Crippen molar-refractivity contribution in [1.29, 1.82) is 0 Å². The Bertz CT molecular complexity index is 1120. The van der Waals surface area contributed by atoms with Crippen LogP contribution in [0.1, 0.15) is 12.8 Å². The van der Waals surface area contributed by atoms with Crippen LogP contribution in [-0.2, 0) is 4.79 Å². The first-order valence-electron chi connectivity index (χ1n) is 9.67. The summed E-state index contributed by atoms with van der Waals surface area (Å²) in [5.74, 6) is -0.0775. The van der Waals surface area contributed by atoms with Crippen LogP contribution in [0, 0.1) is 11.7 Å². The van der Waals surface area contributed by atoms with Gasteiger partial charge in [-0.15, -0.1) is 5.10 Å². The molecule has 1 atom stereocenters. The summed E-state index contributed by atoms with van der Waals surface area (Å²) in [6, 6.07) is 15.7. The molecule has 2 aromatic carbocycles. The predicted octanol–water partition coefficient (Wildman–Crippen LogP) is 3.88. The topological polar surface area (TPSA) is 67.2 Å². The van der Waals surface area contributed by atoms with Crippen LogP contribution in [0.4, 0.5) is 15.9 Å². The fourth-order valence-electron chi connectivity index (χ4n) is 3.55. The molecule has 1 N–H and O–H groups in total. The number of carbonyl (C=O) groups is 1. The van der Waals surface area contributed by atoms with Gasteiger partial charge in [-0.2, -0.15) is 4.68 Å². The van der Waals surface area contributed by atoms with E-state index in [4.69, 9.17) is 11.6 Å². The van der Waals surface area contributed by atoms with E-state index < -0.39 is 0 Å². The average Bonchev–Trinajstić information content (AvgIpc) is 2.75. The molecule has 6 nitrogen and oxygen atoms in total. The molecule has 1 aliphatic rings.